The van der Waals surface area contributed by atoms with Crippen LogP contribution >= 0.6 is 0 Å². The SMILES string of the molecule is C=C1[C@@H](OC2CCCCO2)[C@]2(C)CC[C@@]1(C(C)C)O2. The summed E-state index contributed by atoms with van der Waals surface area (Å²) in [4.78, 5) is 0. The average Bonchev–Trinajstić information content (AvgIpc) is 2.85. The second-order valence-electron chi connectivity index (χ2n) is 6.80. The second kappa shape index (κ2) is 4.57. The Morgan fingerprint density at radius 2 is 2.11 bits per heavy atom. The Balaban J connectivity index is 1.77. The van der Waals surface area contributed by atoms with Gasteiger partial charge < -0.3 is 14.2 Å². The Hall–Kier alpha value is -0.380. The molecular weight excluding hydrogens is 240 g/mol. The van der Waals surface area contributed by atoms with Crippen molar-refractivity contribution in [2.45, 2.75) is 76.5 Å². The van der Waals surface area contributed by atoms with Crippen LogP contribution in [0.5, 0.6) is 0 Å². The molecule has 2 bridgehead atoms. The van der Waals surface area contributed by atoms with Gasteiger partial charge >= 0.3 is 0 Å². The molecule has 0 aromatic rings. The van der Waals surface area contributed by atoms with Crippen LogP contribution in [0.25, 0.3) is 0 Å². The van der Waals surface area contributed by atoms with Crippen molar-refractivity contribution in [3.8, 4) is 0 Å². The molecule has 4 atom stereocenters. The van der Waals surface area contributed by atoms with Crippen molar-refractivity contribution in [3.63, 3.8) is 0 Å². The molecule has 0 aliphatic carbocycles. The Bertz CT molecular complexity index is 372. The number of hydrogen-bond acceptors (Lipinski definition) is 3. The van der Waals surface area contributed by atoms with E-state index in [0.29, 0.717) is 5.92 Å². The van der Waals surface area contributed by atoms with Gasteiger partial charge in [-0.05, 0) is 50.5 Å². The van der Waals surface area contributed by atoms with Crippen molar-refractivity contribution < 1.29 is 14.2 Å². The number of ether oxygens (including phenoxy) is 3. The van der Waals surface area contributed by atoms with Crippen molar-refractivity contribution in [2.24, 2.45) is 5.92 Å². The van der Waals surface area contributed by atoms with Gasteiger partial charge in [0.25, 0.3) is 0 Å². The Morgan fingerprint density at radius 3 is 2.68 bits per heavy atom. The highest BCUT2D eigenvalue weighted by Gasteiger charge is 2.63. The van der Waals surface area contributed by atoms with Crippen LogP contribution in [0.1, 0.15) is 52.9 Å². The molecule has 3 rings (SSSR count). The van der Waals surface area contributed by atoms with Gasteiger partial charge in [0.15, 0.2) is 6.29 Å². The zero-order chi connectivity index (χ0) is 13.7. The minimum atomic E-state index is -0.206. The lowest BCUT2D eigenvalue weighted by Gasteiger charge is -2.36. The second-order valence-corrected chi connectivity index (χ2v) is 6.80. The monoisotopic (exact) mass is 266 g/mol. The van der Waals surface area contributed by atoms with Crippen molar-refractivity contribution in [1.82, 2.24) is 0 Å². The van der Waals surface area contributed by atoms with Crippen LogP contribution in [0.15, 0.2) is 12.2 Å². The zero-order valence-electron chi connectivity index (χ0n) is 12.4. The smallest absolute Gasteiger partial charge is 0.158 e. The molecule has 3 saturated heterocycles. The van der Waals surface area contributed by atoms with E-state index >= 15 is 0 Å². The number of rotatable bonds is 3. The van der Waals surface area contributed by atoms with Gasteiger partial charge in [0, 0.05) is 6.61 Å². The maximum Gasteiger partial charge on any atom is 0.158 e. The molecule has 3 heteroatoms. The predicted molar refractivity (Wildman–Crippen MR) is 73.9 cm³/mol. The van der Waals surface area contributed by atoms with Crippen LogP contribution < -0.4 is 0 Å². The molecule has 3 nitrogen and oxygen atoms in total. The normalized spacial score (nSPS) is 46.2. The Kier molecular flexibility index (Phi) is 3.27. The average molecular weight is 266 g/mol. The standard InChI is InChI=1S/C16H26O3/c1-11(2)16-9-8-15(4,19-16)14(12(16)3)18-13-7-5-6-10-17-13/h11,13-14H,3,5-10H2,1-2,4H3/t13?,14-,15+,16+/m1/s1. The highest BCUT2D eigenvalue weighted by atomic mass is 16.7. The summed E-state index contributed by atoms with van der Waals surface area (Å²) in [5, 5.41) is 0. The lowest BCUT2D eigenvalue weighted by atomic mass is 9.72. The molecule has 0 radical (unpaired) electrons. The van der Waals surface area contributed by atoms with Crippen LogP contribution in [-0.2, 0) is 14.2 Å². The van der Waals surface area contributed by atoms with Crippen molar-refractivity contribution in [1.29, 1.82) is 0 Å². The van der Waals surface area contributed by atoms with Gasteiger partial charge in [-0.2, -0.15) is 0 Å². The van der Waals surface area contributed by atoms with Gasteiger partial charge in [-0.3, -0.25) is 0 Å². The van der Waals surface area contributed by atoms with E-state index in [1.54, 1.807) is 0 Å². The molecule has 0 saturated carbocycles. The first kappa shape index (κ1) is 13.6. The summed E-state index contributed by atoms with van der Waals surface area (Å²) in [6.45, 7) is 11.7. The largest absolute Gasteiger partial charge is 0.361 e. The summed E-state index contributed by atoms with van der Waals surface area (Å²) >= 11 is 0. The van der Waals surface area contributed by atoms with Crippen molar-refractivity contribution in [2.75, 3.05) is 6.61 Å². The van der Waals surface area contributed by atoms with E-state index in [-0.39, 0.29) is 23.6 Å². The predicted octanol–water partition coefficient (Wildman–Crippen LogP) is 3.43. The summed E-state index contributed by atoms with van der Waals surface area (Å²) in [6, 6.07) is 0. The molecule has 108 valence electrons. The van der Waals surface area contributed by atoms with Crippen LogP contribution in [0, 0.1) is 5.92 Å². The first-order valence-corrected chi connectivity index (χ1v) is 7.64. The molecule has 1 unspecified atom stereocenters. The molecule has 0 spiro atoms. The summed E-state index contributed by atoms with van der Waals surface area (Å²) in [5.74, 6) is 0.447. The van der Waals surface area contributed by atoms with E-state index in [2.05, 4.69) is 27.4 Å². The summed E-state index contributed by atoms with van der Waals surface area (Å²) < 4.78 is 18.3. The number of hydrogen-bond donors (Lipinski definition) is 0. The van der Waals surface area contributed by atoms with Gasteiger partial charge in [-0.25, -0.2) is 0 Å². The highest BCUT2D eigenvalue weighted by molar-refractivity contribution is 5.33. The van der Waals surface area contributed by atoms with Crippen LogP contribution in [0.2, 0.25) is 0 Å². The molecule has 0 aromatic heterocycles. The molecule has 0 amide bonds. The molecular formula is C16H26O3. The fraction of sp³-hybridized carbons (Fsp3) is 0.875. The third kappa shape index (κ3) is 1.98. The zero-order valence-corrected chi connectivity index (χ0v) is 12.4. The van der Waals surface area contributed by atoms with Gasteiger partial charge in [-0.15, -0.1) is 0 Å². The molecule has 3 aliphatic heterocycles. The van der Waals surface area contributed by atoms with Gasteiger partial charge in [0.05, 0.1) is 11.2 Å². The molecule has 3 fully saturated rings. The maximum atomic E-state index is 6.40. The van der Waals surface area contributed by atoms with E-state index < -0.39 is 0 Å². The lowest BCUT2D eigenvalue weighted by molar-refractivity contribution is -0.205. The van der Waals surface area contributed by atoms with Gasteiger partial charge in [0.1, 0.15) is 6.10 Å². The molecule has 0 N–H and O–H groups in total. The van der Waals surface area contributed by atoms with E-state index in [1.165, 1.54) is 6.42 Å². The van der Waals surface area contributed by atoms with Gasteiger partial charge in [-0.1, -0.05) is 20.4 Å². The van der Waals surface area contributed by atoms with Crippen LogP contribution in [-0.4, -0.2) is 30.2 Å². The van der Waals surface area contributed by atoms with E-state index in [1.807, 2.05) is 0 Å². The van der Waals surface area contributed by atoms with E-state index in [0.717, 1.165) is 37.9 Å². The maximum absolute atomic E-state index is 6.40. The van der Waals surface area contributed by atoms with Crippen molar-refractivity contribution in [3.05, 3.63) is 12.2 Å². The first-order chi connectivity index (χ1) is 8.98. The summed E-state index contributed by atoms with van der Waals surface area (Å²) in [5.41, 5.74) is 0.751. The fourth-order valence-electron chi connectivity index (χ4n) is 3.93. The fourth-order valence-corrected chi connectivity index (χ4v) is 3.93. The lowest BCUT2D eigenvalue weighted by Crippen LogP contribution is -2.43. The third-order valence-corrected chi connectivity index (χ3v) is 5.18. The van der Waals surface area contributed by atoms with Crippen molar-refractivity contribution >= 4 is 0 Å². The molecule has 3 heterocycles. The summed E-state index contributed by atoms with van der Waals surface area (Å²) in [7, 11) is 0. The highest BCUT2D eigenvalue weighted by Crippen LogP contribution is 2.57. The minimum Gasteiger partial charge on any atom is -0.361 e. The number of fused-ring (bicyclic) bond motifs is 2. The van der Waals surface area contributed by atoms with Gasteiger partial charge in [0.2, 0.25) is 0 Å². The molecule has 0 aromatic carbocycles. The van der Waals surface area contributed by atoms with Crippen LogP contribution in [0.3, 0.4) is 0 Å². The molecule has 19 heavy (non-hydrogen) atoms. The third-order valence-electron chi connectivity index (χ3n) is 5.18. The quantitative estimate of drug-likeness (QED) is 0.732. The first-order valence-electron chi connectivity index (χ1n) is 7.64. The summed E-state index contributed by atoms with van der Waals surface area (Å²) in [6.07, 6.45) is 5.39. The minimum absolute atomic E-state index is 0.00764. The molecule has 3 aliphatic rings. The van der Waals surface area contributed by atoms with Crippen LogP contribution in [0.4, 0.5) is 0 Å². The van der Waals surface area contributed by atoms with E-state index in [9.17, 15) is 0 Å². The van der Waals surface area contributed by atoms with E-state index in [4.69, 9.17) is 14.2 Å². The Labute approximate surface area is 116 Å². The topological polar surface area (TPSA) is 27.7 Å². The Morgan fingerprint density at radius 1 is 1.32 bits per heavy atom.